The lowest BCUT2D eigenvalue weighted by Crippen LogP contribution is -2.40. The van der Waals surface area contributed by atoms with Crippen LogP contribution < -0.4 is 10.0 Å². The van der Waals surface area contributed by atoms with Crippen molar-refractivity contribution in [3.63, 3.8) is 0 Å². The van der Waals surface area contributed by atoms with Crippen LogP contribution in [0, 0.1) is 0 Å². The number of carbonyl (C=O) groups is 1. The van der Waals surface area contributed by atoms with Crippen molar-refractivity contribution in [2.75, 3.05) is 5.32 Å². The summed E-state index contributed by atoms with van der Waals surface area (Å²) in [7, 11) is -3.68. The molecule has 0 saturated carbocycles. The van der Waals surface area contributed by atoms with Crippen molar-refractivity contribution in [2.45, 2.75) is 31.2 Å². The first kappa shape index (κ1) is 19.1. The fourth-order valence-electron chi connectivity index (χ4n) is 2.82. The number of fused-ring (bicyclic) bond motifs is 1. The van der Waals surface area contributed by atoms with E-state index in [2.05, 4.69) is 10.0 Å². The molecule has 3 rings (SSSR count). The molecule has 3 aromatic rings. The van der Waals surface area contributed by atoms with E-state index in [1.807, 2.05) is 36.4 Å². The predicted molar refractivity (Wildman–Crippen MR) is 108 cm³/mol. The Labute approximate surface area is 159 Å². The summed E-state index contributed by atoms with van der Waals surface area (Å²) in [6.07, 6.45) is 0. The maximum absolute atomic E-state index is 12.7. The highest BCUT2D eigenvalue weighted by Gasteiger charge is 2.22. The van der Waals surface area contributed by atoms with E-state index in [1.54, 1.807) is 39.0 Å². The number of rotatable bonds is 4. The van der Waals surface area contributed by atoms with Crippen LogP contribution in [0.25, 0.3) is 10.8 Å². The van der Waals surface area contributed by atoms with Crippen LogP contribution in [0.2, 0.25) is 0 Å². The Morgan fingerprint density at radius 1 is 0.889 bits per heavy atom. The second-order valence-corrected chi connectivity index (χ2v) is 9.05. The smallest absolute Gasteiger partial charge is 0.256 e. The molecule has 1 amide bonds. The highest BCUT2D eigenvalue weighted by Crippen LogP contribution is 2.21. The molecule has 2 N–H and O–H groups in total. The van der Waals surface area contributed by atoms with E-state index in [0.717, 1.165) is 10.8 Å². The zero-order chi connectivity index (χ0) is 19.7. The van der Waals surface area contributed by atoms with E-state index in [9.17, 15) is 13.2 Å². The number of carbonyl (C=O) groups excluding carboxylic acids is 1. The van der Waals surface area contributed by atoms with Crippen molar-refractivity contribution in [2.24, 2.45) is 0 Å². The number of sulfonamides is 1. The lowest BCUT2D eigenvalue weighted by molar-refractivity contribution is 0.102. The van der Waals surface area contributed by atoms with E-state index in [-0.39, 0.29) is 10.8 Å². The number of hydrogen-bond acceptors (Lipinski definition) is 3. The third-order valence-corrected chi connectivity index (χ3v) is 5.63. The largest absolute Gasteiger partial charge is 0.322 e. The van der Waals surface area contributed by atoms with Crippen LogP contribution in [0.5, 0.6) is 0 Å². The molecule has 3 aromatic carbocycles. The van der Waals surface area contributed by atoms with E-state index in [1.165, 1.54) is 12.1 Å². The third kappa shape index (κ3) is 4.53. The SMILES string of the molecule is CC(C)(C)NS(=O)(=O)c1cccc(NC(=O)c2cccc3ccccc23)c1. The molecule has 6 heteroatoms. The zero-order valence-electron chi connectivity index (χ0n) is 15.5. The minimum Gasteiger partial charge on any atom is -0.322 e. The Hall–Kier alpha value is -2.70. The van der Waals surface area contributed by atoms with Crippen molar-refractivity contribution >= 4 is 32.4 Å². The average molecular weight is 382 g/mol. The van der Waals surface area contributed by atoms with E-state index in [0.29, 0.717) is 11.3 Å². The molecular weight excluding hydrogens is 360 g/mol. The Bertz CT molecular complexity index is 1090. The Morgan fingerprint density at radius 2 is 1.56 bits per heavy atom. The molecule has 0 aliphatic heterocycles. The first-order valence-electron chi connectivity index (χ1n) is 8.59. The third-order valence-electron chi connectivity index (χ3n) is 3.88. The molecule has 140 valence electrons. The van der Waals surface area contributed by atoms with Crippen LogP contribution in [-0.4, -0.2) is 19.9 Å². The van der Waals surface area contributed by atoms with Crippen molar-refractivity contribution < 1.29 is 13.2 Å². The van der Waals surface area contributed by atoms with Gasteiger partial charge in [0.05, 0.1) is 4.90 Å². The first-order chi connectivity index (χ1) is 12.7. The summed E-state index contributed by atoms with van der Waals surface area (Å²) < 4.78 is 27.6. The van der Waals surface area contributed by atoms with Crippen LogP contribution in [0.1, 0.15) is 31.1 Å². The molecule has 0 spiro atoms. The minimum atomic E-state index is -3.68. The molecule has 0 atom stereocenters. The van der Waals surface area contributed by atoms with Gasteiger partial charge in [-0.1, -0.05) is 42.5 Å². The molecule has 0 unspecified atom stereocenters. The Morgan fingerprint density at radius 3 is 2.30 bits per heavy atom. The van der Waals surface area contributed by atoms with Crippen molar-refractivity contribution in [1.82, 2.24) is 4.72 Å². The summed E-state index contributed by atoms with van der Waals surface area (Å²) in [5.41, 5.74) is 0.361. The summed E-state index contributed by atoms with van der Waals surface area (Å²) >= 11 is 0. The molecule has 0 aliphatic carbocycles. The highest BCUT2D eigenvalue weighted by atomic mass is 32.2. The molecule has 0 heterocycles. The van der Waals surface area contributed by atoms with Gasteiger partial charge < -0.3 is 5.32 Å². The molecule has 0 bridgehead atoms. The summed E-state index contributed by atoms with van der Waals surface area (Å²) in [5.74, 6) is -0.287. The van der Waals surface area contributed by atoms with E-state index >= 15 is 0 Å². The van der Waals surface area contributed by atoms with Crippen LogP contribution in [0.4, 0.5) is 5.69 Å². The lowest BCUT2D eigenvalue weighted by Gasteiger charge is -2.20. The van der Waals surface area contributed by atoms with E-state index < -0.39 is 15.6 Å². The molecule has 27 heavy (non-hydrogen) atoms. The van der Waals surface area contributed by atoms with Gasteiger partial charge in [0.1, 0.15) is 0 Å². The van der Waals surface area contributed by atoms with Crippen LogP contribution in [0.15, 0.2) is 71.6 Å². The highest BCUT2D eigenvalue weighted by molar-refractivity contribution is 7.89. The maximum Gasteiger partial charge on any atom is 0.256 e. The second-order valence-electron chi connectivity index (χ2n) is 7.36. The zero-order valence-corrected chi connectivity index (χ0v) is 16.3. The number of amides is 1. The number of hydrogen-bond donors (Lipinski definition) is 2. The van der Waals surface area contributed by atoms with Gasteiger partial charge in [0, 0.05) is 16.8 Å². The normalized spacial score (nSPS) is 12.1. The fourth-order valence-corrected chi connectivity index (χ4v) is 4.29. The van der Waals surface area contributed by atoms with Crippen molar-refractivity contribution in [3.8, 4) is 0 Å². The second kappa shape index (κ2) is 7.13. The van der Waals surface area contributed by atoms with Gasteiger partial charge in [-0.05, 0) is 55.8 Å². The molecule has 0 aromatic heterocycles. The lowest BCUT2D eigenvalue weighted by atomic mass is 10.0. The average Bonchev–Trinajstić information content (AvgIpc) is 2.59. The number of benzene rings is 3. The van der Waals surface area contributed by atoms with Gasteiger partial charge in [-0.3, -0.25) is 4.79 Å². The van der Waals surface area contributed by atoms with Gasteiger partial charge >= 0.3 is 0 Å². The Balaban J connectivity index is 1.89. The quantitative estimate of drug-likeness (QED) is 0.711. The van der Waals surface area contributed by atoms with Crippen molar-refractivity contribution in [1.29, 1.82) is 0 Å². The van der Waals surface area contributed by atoms with Gasteiger partial charge in [0.2, 0.25) is 10.0 Å². The van der Waals surface area contributed by atoms with Gasteiger partial charge in [0.15, 0.2) is 0 Å². The standard InChI is InChI=1S/C21H22N2O3S/c1-21(2,3)23-27(25,26)17-11-7-10-16(14-17)22-20(24)19-13-6-9-15-8-4-5-12-18(15)19/h4-14,23H,1-3H3,(H,22,24). The molecular formula is C21H22N2O3S. The molecule has 0 saturated heterocycles. The molecule has 0 radical (unpaired) electrons. The molecule has 0 aliphatic rings. The predicted octanol–water partition coefficient (Wildman–Crippen LogP) is 4.17. The van der Waals surface area contributed by atoms with Crippen LogP contribution >= 0.6 is 0 Å². The summed E-state index contributed by atoms with van der Waals surface area (Å²) in [6, 6.07) is 19.4. The summed E-state index contributed by atoms with van der Waals surface area (Å²) in [6.45, 7) is 5.32. The molecule has 0 fully saturated rings. The van der Waals surface area contributed by atoms with Gasteiger partial charge in [-0.2, -0.15) is 0 Å². The fraction of sp³-hybridized carbons (Fsp3) is 0.190. The van der Waals surface area contributed by atoms with Crippen LogP contribution in [0.3, 0.4) is 0 Å². The first-order valence-corrected chi connectivity index (χ1v) is 10.1. The molecule has 5 nitrogen and oxygen atoms in total. The van der Waals surface area contributed by atoms with Crippen LogP contribution in [-0.2, 0) is 10.0 Å². The topological polar surface area (TPSA) is 75.3 Å². The Kier molecular flexibility index (Phi) is 5.04. The summed E-state index contributed by atoms with van der Waals surface area (Å²) in [4.78, 5) is 12.8. The number of nitrogens with one attached hydrogen (secondary N) is 2. The van der Waals surface area contributed by atoms with Gasteiger partial charge in [-0.15, -0.1) is 0 Å². The van der Waals surface area contributed by atoms with Gasteiger partial charge in [-0.25, -0.2) is 13.1 Å². The van der Waals surface area contributed by atoms with Crippen molar-refractivity contribution in [3.05, 3.63) is 72.3 Å². The van der Waals surface area contributed by atoms with Gasteiger partial charge in [0.25, 0.3) is 5.91 Å². The monoisotopic (exact) mass is 382 g/mol. The number of anilines is 1. The van der Waals surface area contributed by atoms with E-state index in [4.69, 9.17) is 0 Å². The maximum atomic E-state index is 12.7. The minimum absolute atomic E-state index is 0.105. The summed E-state index contributed by atoms with van der Waals surface area (Å²) in [5, 5.41) is 4.61.